The number of nitrogens with zero attached hydrogens (tertiary/aromatic N) is 7. The first-order valence-corrected chi connectivity index (χ1v) is 12.2. The van der Waals surface area contributed by atoms with Crippen molar-refractivity contribution in [2.45, 2.75) is 71.1 Å². The summed E-state index contributed by atoms with van der Waals surface area (Å²) in [6.07, 6.45) is 4.25. The zero-order valence-corrected chi connectivity index (χ0v) is 19.9. The van der Waals surface area contributed by atoms with Gasteiger partial charge in [-0.15, -0.1) is 10.2 Å². The van der Waals surface area contributed by atoms with Gasteiger partial charge in [-0.05, 0) is 58.2 Å². The van der Waals surface area contributed by atoms with Gasteiger partial charge in [0.05, 0.1) is 17.8 Å². The van der Waals surface area contributed by atoms with E-state index >= 15 is 0 Å². The number of nitrogens with two attached hydrogens (primary N) is 1. The monoisotopic (exact) mass is 458 g/mol. The number of carbonyl (C=O) groups excluding carboxylic acids is 1. The van der Waals surface area contributed by atoms with Crippen LogP contribution in [0.15, 0.2) is 24.3 Å². The lowest BCUT2D eigenvalue weighted by atomic mass is 10.0. The summed E-state index contributed by atoms with van der Waals surface area (Å²) in [5.74, 6) is 3.15. The van der Waals surface area contributed by atoms with Crippen molar-refractivity contribution in [1.82, 2.24) is 24.7 Å². The van der Waals surface area contributed by atoms with Crippen molar-refractivity contribution in [1.29, 1.82) is 0 Å². The van der Waals surface area contributed by atoms with Crippen LogP contribution in [0, 0.1) is 0 Å². The molecule has 34 heavy (non-hydrogen) atoms. The van der Waals surface area contributed by atoms with Crippen LogP contribution < -0.4 is 15.5 Å². The molecule has 9 nitrogen and oxygen atoms in total. The number of carbonyl (C=O) groups is 1. The van der Waals surface area contributed by atoms with E-state index in [1.807, 2.05) is 31.2 Å². The van der Waals surface area contributed by atoms with Crippen LogP contribution in [-0.4, -0.2) is 43.2 Å². The molecule has 0 aromatic carbocycles. The summed E-state index contributed by atoms with van der Waals surface area (Å²) in [5, 5.41) is 8.75. The van der Waals surface area contributed by atoms with Gasteiger partial charge in [0.15, 0.2) is 5.82 Å². The van der Waals surface area contributed by atoms with Crippen LogP contribution in [0.1, 0.15) is 79.6 Å². The second-order valence-corrected chi connectivity index (χ2v) is 9.83. The second kappa shape index (κ2) is 7.87. The molecular weight excluding hydrogens is 428 g/mol. The van der Waals surface area contributed by atoms with Crippen molar-refractivity contribution in [3.8, 4) is 11.5 Å². The molecule has 3 atom stereocenters. The lowest BCUT2D eigenvalue weighted by molar-refractivity contribution is 0.0996. The van der Waals surface area contributed by atoms with Crippen molar-refractivity contribution in [3.63, 3.8) is 0 Å². The van der Waals surface area contributed by atoms with E-state index < -0.39 is 0 Å². The average molecular weight is 459 g/mol. The van der Waals surface area contributed by atoms with Gasteiger partial charge in [0.25, 0.3) is 5.91 Å². The number of anilines is 2. The van der Waals surface area contributed by atoms with E-state index in [9.17, 15) is 4.79 Å². The minimum absolute atomic E-state index is 0.0584. The quantitative estimate of drug-likeness (QED) is 0.638. The Hall–Kier alpha value is -3.33. The number of amides is 1. The van der Waals surface area contributed by atoms with Gasteiger partial charge in [0, 0.05) is 36.7 Å². The first-order valence-electron chi connectivity index (χ1n) is 12.2. The van der Waals surface area contributed by atoms with Crippen LogP contribution in [0.3, 0.4) is 0 Å². The molecule has 3 aromatic rings. The van der Waals surface area contributed by atoms with Gasteiger partial charge in [-0.3, -0.25) is 9.69 Å². The molecule has 0 saturated carbocycles. The number of hydrogen-bond acceptors (Lipinski definition) is 7. The van der Waals surface area contributed by atoms with Crippen LogP contribution in [-0.2, 0) is 13.0 Å². The molecule has 0 spiro atoms. The molecule has 0 aliphatic carbocycles. The highest BCUT2D eigenvalue weighted by atomic mass is 16.2. The van der Waals surface area contributed by atoms with E-state index in [2.05, 4.69) is 33.5 Å². The molecule has 3 aliphatic rings. The maximum Gasteiger partial charge on any atom is 0.260 e. The molecule has 3 aromatic heterocycles. The smallest absolute Gasteiger partial charge is 0.260 e. The predicted molar refractivity (Wildman–Crippen MR) is 130 cm³/mol. The Morgan fingerprint density at radius 3 is 2.71 bits per heavy atom. The van der Waals surface area contributed by atoms with Crippen molar-refractivity contribution in [3.05, 3.63) is 46.9 Å². The van der Waals surface area contributed by atoms with E-state index in [4.69, 9.17) is 15.7 Å². The average Bonchev–Trinajstić information content (AvgIpc) is 3.59. The zero-order chi connectivity index (χ0) is 23.6. The normalized spacial score (nSPS) is 22.4. The molecule has 3 aliphatic heterocycles. The van der Waals surface area contributed by atoms with Gasteiger partial charge >= 0.3 is 0 Å². The van der Waals surface area contributed by atoms with Crippen LogP contribution in [0.4, 0.5) is 11.6 Å². The summed E-state index contributed by atoms with van der Waals surface area (Å²) in [4.78, 5) is 27.4. The molecule has 6 heterocycles. The molecule has 0 radical (unpaired) electrons. The summed E-state index contributed by atoms with van der Waals surface area (Å²) >= 11 is 0. The molecule has 6 rings (SSSR count). The summed E-state index contributed by atoms with van der Waals surface area (Å²) in [7, 11) is 0. The van der Waals surface area contributed by atoms with E-state index in [1.54, 1.807) is 4.90 Å². The topological polar surface area (TPSA) is 106 Å². The van der Waals surface area contributed by atoms with Crippen LogP contribution >= 0.6 is 0 Å². The molecule has 0 bridgehead atoms. The zero-order valence-electron chi connectivity index (χ0n) is 19.9. The maximum atomic E-state index is 13.6. The largest absolute Gasteiger partial charge is 0.354 e. The van der Waals surface area contributed by atoms with Crippen molar-refractivity contribution < 1.29 is 4.79 Å². The second-order valence-electron chi connectivity index (χ2n) is 9.83. The molecule has 1 amide bonds. The van der Waals surface area contributed by atoms with Crippen LogP contribution in [0.2, 0.25) is 0 Å². The number of aryl methyl sites for hydroxylation is 1. The van der Waals surface area contributed by atoms with E-state index in [1.165, 1.54) is 0 Å². The maximum absolute atomic E-state index is 13.6. The van der Waals surface area contributed by atoms with Gasteiger partial charge in [0.1, 0.15) is 23.2 Å². The third-order valence-corrected chi connectivity index (χ3v) is 7.45. The Balaban J connectivity index is 1.38. The van der Waals surface area contributed by atoms with Crippen molar-refractivity contribution in [2.24, 2.45) is 5.73 Å². The van der Waals surface area contributed by atoms with Gasteiger partial charge in [-0.25, -0.2) is 9.97 Å². The highest BCUT2D eigenvalue weighted by Crippen LogP contribution is 2.36. The number of hydrogen-bond donors (Lipinski definition) is 1. The molecule has 176 valence electrons. The summed E-state index contributed by atoms with van der Waals surface area (Å²) in [6, 6.07) is 8.17. The predicted octanol–water partition coefficient (Wildman–Crippen LogP) is 3.41. The SMILES string of the molecule is C[C@@H]1CCCN1c1cc2c(c([C@@H](C)N)n1)CN(c1cccc(-c3nnc4n3[C@H](C)CC4)n1)C2=O. The number of rotatable bonds is 4. The van der Waals surface area contributed by atoms with Crippen LogP contribution in [0.5, 0.6) is 0 Å². The first kappa shape index (κ1) is 21.2. The van der Waals surface area contributed by atoms with E-state index in [0.29, 0.717) is 30.0 Å². The number of aromatic nitrogens is 5. The fourth-order valence-corrected chi connectivity index (χ4v) is 5.59. The Morgan fingerprint density at radius 2 is 1.94 bits per heavy atom. The Morgan fingerprint density at radius 1 is 1.09 bits per heavy atom. The lowest BCUT2D eigenvalue weighted by Crippen LogP contribution is -2.28. The highest BCUT2D eigenvalue weighted by Gasteiger charge is 2.35. The standard InChI is InChI=1S/C25H30N8O/c1-14-6-5-11-31(14)22-12-17-18(23(28-22)16(3)26)13-32(25(17)34)20-8-4-7-19(27-20)24-30-29-21-10-9-15(2)33(21)24/h4,7-8,12,14-16H,5-6,9-11,13,26H2,1-3H3/t14-,15-,16-/m1/s1. The first-order chi connectivity index (χ1) is 16.4. The van der Waals surface area contributed by atoms with Crippen LogP contribution in [0.25, 0.3) is 11.5 Å². The van der Waals surface area contributed by atoms with Gasteiger partial charge in [0.2, 0.25) is 0 Å². The molecular formula is C25H30N8O. The fraction of sp³-hybridized carbons (Fsp3) is 0.480. The molecule has 0 unspecified atom stereocenters. The molecule has 9 heteroatoms. The molecule has 2 N–H and O–H groups in total. The minimum Gasteiger partial charge on any atom is -0.354 e. The number of fused-ring (bicyclic) bond motifs is 2. The van der Waals surface area contributed by atoms with E-state index in [0.717, 1.165) is 66.6 Å². The summed E-state index contributed by atoms with van der Waals surface area (Å²) < 4.78 is 2.16. The lowest BCUT2D eigenvalue weighted by Gasteiger charge is -2.24. The van der Waals surface area contributed by atoms with Gasteiger partial charge in [-0.1, -0.05) is 6.07 Å². The third kappa shape index (κ3) is 3.21. The molecule has 1 saturated heterocycles. The van der Waals surface area contributed by atoms with Gasteiger partial charge in [-0.2, -0.15) is 0 Å². The Bertz CT molecular complexity index is 1280. The van der Waals surface area contributed by atoms with Crippen molar-refractivity contribution in [2.75, 3.05) is 16.3 Å². The van der Waals surface area contributed by atoms with Gasteiger partial charge < -0.3 is 15.2 Å². The van der Waals surface area contributed by atoms with Crippen molar-refractivity contribution >= 4 is 17.5 Å². The fourth-order valence-electron chi connectivity index (χ4n) is 5.59. The Kier molecular flexibility index (Phi) is 4.91. The summed E-state index contributed by atoms with van der Waals surface area (Å²) in [5.41, 5.74) is 9.43. The summed E-state index contributed by atoms with van der Waals surface area (Å²) in [6.45, 7) is 7.68. The Labute approximate surface area is 199 Å². The minimum atomic E-state index is -0.265. The highest BCUT2D eigenvalue weighted by molar-refractivity contribution is 6.10. The molecule has 1 fully saturated rings. The number of pyridine rings is 2. The van der Waals surface area contributed by atoms with E-state index in [-0.39, 0.29) is 11.9 Å². The third-order valence-electron chi connectivity index (χ3n) is 7.45.